The number of hydrogen-bond acceptors (Lipinski definition) is 4. The van der Waals surface area contributed by atoms with Gasteiger partial charge in [-0.3, -0.25) is 0 Å². The molecule has 0 radical (unpaired) electrons. The van der Waals surface area contributed by atoms with Crippen LogP contribution >= 0.6 is 11.6 Å². The zero-order valence-corrected chi connectivity index (χ0v) is 15.2. The summed E-state index contributed by atoms with van der Waals surface area (Å²) >= 11 is 6.26. The minimum Gasteiger partial charge on any atom is -0.355 e. The first-order chi connectivity index (χ1) is 12.7. The molecule has 0 N–H and O–H groups in total. The van der Waals surface area contributed by atoms with Gasteiger partial charge < -0.3 is 4.90 Å². The first-order valence-electron chi connectivity index (χ1n) is 7.72. The highest BCUT2D eigenvalue weighted by atomic mass is 35.5. The summed E-state index contributed by atoms with van der Waals surface area (Å²) in [7, 11) is 1.65. The van der Waals surface area contributed by atoms with Crippen molar-refractivity contribution in [3.05, 3.63) is 58.6 Å². The summed E-state index contributed by atoms with van der Waals surface area (Å²) in [5, 5.41) is 13.1. The maximum Gasteiger partial charge on any atom is 0.176 e. The van der Waals surface area contributed by atoms with E-state index in [1.807, 2.05) is 6.07 Å². The van der Waals surface area contributed by atoms with Crippen LogP contribution < -0.4 is 4.90 Å². The molecule has 3 rings (SSSR count). The van der Waals surface area contributed by atoms with Crippen molar-refractivity contribution in [3.63, 3.8) is 0 Å². The van der Waals surface area contributed by atoms with E-state index in [2.05, 4.69) is 16.7 Å². The minimum absolute atomic E-state index is 0.101. The van der Waals surface area contributed by atoms with E-state index in [-0.39, 0.29) is 27.7 Å². The van der Waals surface area contributed by atoms with Gasteiger partial charge in [-0.05, 0) is 6.92 Å². The lowest BCUT2D eigenvalue weighted by Gasteiger charge is -2.24. The van der Waals surface area contributed by atoms with E-state index < -0.39 is 23.0 Å². The first kappa shape index (κ1) is 18.7. The summed E-state index contributed by atoms with van der Waals surface area (Å²) in [6.45, 7) is 5.91. The Labute approximate surface area is 157 Å². The van der Waals surface area contributed by atoms with E-state index in [1.54, 1.807) is 18.9 Å². The Hall–Kier alpha value is -3.05. The molecule has 0 aliphatic heterocycles. The maximum absolute atomic E-state index is 14.5. The van der Waals surface area contributed by atoms with Gasteiger partial charge in [0.2, 0.25) is 0 Å². The zero-order chi connectivity index (χ0) is 19.9. The fourth-order valence-electron chi connectivity index (χ4n) is 2.86. The number of anilines is 1. The van der Waals surface area contributed by atoms with Gasteiger partial charge in [-0.1, -0.05) is 23.8 Å². The number of benzene rings is 1. The van der Waals surface area contributed by atoms with Crippen molar-refractivity contribution in [1.82, 2.24) is 14.6 Å². The highest BCUT2D eigenvalue weighted by Gasteiger charge is 2.26. The van der Waals surface area contributed by atoms with Gasteiger partial charge in [0.1, 0.15) is 40.1 Å². The van der Waals surface area contributed by atoms with Gasteiger partial charge in [0.05, 0.1) is 17.3 Å². The molecule has 0 saturated heterocycles. The topological polar surface area (TPSA) is 57.2 Å². The van der Waals surface area contributed by atoms with Crippen molar-refractivity contribution in [3.8, 4) is 17.2 Å². The lowest BCUT2D eigenvalue weighted by atomic mass is 10.1. The van der Waals surface area contributed by atoms with E-state index in [0.29, 0.717) is 18.7 Å². The van der Waals surface area contributed by atoms with Crippen LogP contribution in [-0.2, 0) is 0 Å². The maximum atomic E-state index is 14.5. The van der Waals surface area contributed by atoms with Gasteiger partial charge >= 0.3 is 0 Å². The molecule has 0 unspecified atom stereocenters. The Balaban J connectivity index is 2.44. The van der Waals surface area contributed by atoms with E-state index in [1.165, 1.54) is 10.7 Å². The van der Waals surface area contributed by atoms with Crippen molar-refractivity contribution in [2.24, 2.45) is 0 Å². The fraction of sp³-hybridized carbons (Fsp3) is 0.167. The Kier molecular flexibility index (Phi) is 4.81. The summed E-state index contributed by atoms with van der Waals surface area (Å²) in [5.74, 6) is -3.12. The van der Waals surface area contributed by atoms with E-state index >= 15 is 0 Å². The van der Waals surface area contributed by atoms with Crippen molar-refractivity contribution in [2.75, 3.05) is 18.5 Å². The molecule has 0 saturated carbocycles. The van der Waals surface area contributed by atoms with Gasteiger partial charge in [0, 0.05) is 25.7 Å². The van der Waals surface area contributed by atoms with Crippen LogP contribution in [-0.4, -0.2) is 28.2 Å². The number of hydrogen-bond donors (Lipinski definition) is 0. The standard InChI is InChI=1S/C18H13ClF3N5/c1-9(2)8-26(3)18-15(14-12(21)4-11(20)5-13(14)22)16(19)25-17-10(6-23)7-24-27(17)18/h4-5,7H,1,8H2,2-3H3. The molecule has 3 aromatic rings. The molecule has 0 fully saturated rings. The number of nitrogens with zero attached hydrogens (tertiary/aromatic N) is 5. The predicted molar refractivity (Wildman–Crippen MR) is 96.1 cm³/mol. The molecule has 2 heterocycles. The van der Waals surface area contributed by atoms with Crippen LogP contribution in [0.15, 0.2) is 30.5 Å². The average Bonchev–Trinajstić information content (AvgIpc) is 2.95. The quantitative estimate of drug-likeness (QED) is 0.490. The highest BCUT2D eigenvalue weighted by molar-refractivity contribution is 6.33. The Morgan fingerprint density at radius 3 is 2.48 bits per heavy atom. The molecule has 5 nitrogen and oxygen atoms in total. The molecular weight excluding hydrogens is 379 g/mol. The Morgan fingerprint density at radius 1 is 1.30 bits per heavy atom. The molecule has 0 amide bonds. The van der Waals surface area contributed by atoms with Crippen LogP contribution in [0.5, 0.6) is 0 Å². The van der Waals surface area contributed by atoms with E-state index in [0.717, 1.165) is 5.57 Å². The molecule has 2 aromatic heterocycles. The third-order valence-electron chi connectivity index (χ3n) is 3.82. The number of fused-ring (bicyclic) bond motifs is 1. The molecule has 138 valence electrons. The third-order valence-corrected chi connectivity index (χ3v) is 4.10. The second-order valence-corrected chi connectivity index (χ2v) is 6.42. The molecule has 0 aliphatic carbocycles. The van der Waals surface area contributed by atoms with Crippen molar-refractivity contribution < 1.29 is 13.2 Å². The largest absolute Gasteiger partial charge is 0.355 e. The Morgan fingerprint density at radius 2 is 1.93 bits per heavy atom. The molecule has 0 bridgehead atoms. The smallest absolute Gasteiger partial charge is 0.176 e. The van der Waals surface area contributed by atoms with Gasteiger partial charge in [-0.15, -0.1) is 0 Å². The summed E-state index contributed by atoms with van der Waals surface area (Å²) < 4.78 is 43.6. The molecule has 0 aliphatic rings. The molecule has 27 heavy (non-hydrogen) atoms. The van der Waals surface area contributed by atoms with Crippen LogP contribution in [0, 0.1) is 28.8 Å². The molecule has 1 aromatic carbocycles. The van der Waals surface area contributed by atoms with Gasteiger partial charge in [0.25, 0.3) is 0 Å². The summed E-state index contributed by atoms with van der Waals surface area (Å²) in [6, 6.07) is 3.06. The fourth-order valence-corrected chi connectivity index (χ4v) is 3.12. The molecule has 0 spiro atoms. The second-order valence-electron chi connectivity index (χ2n) is 6.06. The first-order valence-corrected chi connectivity index (χ1v) is 8.10. The summed E-state index contributed by atoms with van der Waals surface area (Å²) in [6.07, 6.45) is 1.28. The van der Waals surface area contributed by atoms with Crippen molar-refractivity contribution in [1.29, 1.82) is 5.26 Å². The second kappa shape index (κ2) is 6.93. The van der Waals surface area contributed by atoms with Crippen LogP contribution in [0.4, 0.5) is 19.0 Å². The number of likely N-dealkylation sites (N-methyl/N-ethyl adjacent to an activating group) is 1. The predicted octanol–water partition coefficient (Wildman–Crippen LogP) is 4.35. The van der Waals surface area contributed by atoms with Crippen molar-refractivity contribution >= 4 is 23.1 Å². The van der Waals surface area contributed by atoms with E-state index in [9.17, 15) is 18.4 Å². The lowest BCUT2D eigenvalue weighted by molar-refractivity contribution is 0.547. The monoisotopic (exact) mass is 391 g/mol. The van der Waals surface area contributed by atoms with Gasteiger partial charge in [0.15, 0.2) is 5.65 Å². The SMILES string of the molecule is C=C(C)CN(C)c1c(-c2c(F)cc(F)cc2F)c(Cl)nc2c(C#N)cnn12. The number of nitriles is 1. The van der Waals surface area contributed by atoms with Crippen LogP contribution in [0.25, 0.3) is 16.8 Å². The number of rotatable bonds is 4. The Bertz CT molecular complexity index is 1090. The van der Waals surface area contributed by atoms with Gasteiger partial charge in [-0.2, -0.15) is 14.9 Å². The number of halogens is 4. The lowest BCUT2D eigenvalue weighted by Crippen LogP contribution is -2.24. The third kappa shape index (κ3) is 3.22. The molecular formula is C18H13ClF3N5. The summed E-state index contributed by atoms with van der Waals surface area (Å²) in [4.78, 5) is 5.70. The average molecular weight is 392 g/mol. The normalized spacial score (nSPS) is 10.9. The van der Waals surface area contributed by atoms with E-state index in [4.69, 9.17) is 11.6 Å². The van der Waals surface area contributed by atoms with Crippen molar-refractivity contribution in [2.45, 2.75) is 6.92 Å². The molecule has 9 heteroatoms. The summed E-state index contributed by atoms with van der Waals surface area (Å²) in [5.41, 5.74) is 0.410. The molecule has 0 atom stereocenters. The van der Waals surface area contributed by atoms with Crippen LogP contribution in [0.3, 0.4) is 0 Å². The zero-order valence-electron chi connectivity index (χ0n) is 14.4. The highest BCUT2D eigenvalue weighted by Crippen LogP contribution is 2.39. The minimum atomic E-state index is -1.13. The van der Waals surface area contributed by atoms with Gasteiger partial charge in [-0.25, -0.2) is 18.2 Å². The van der Waals surface area contributed by atoms with Crippen LogP contribution in [0.1, 0.15) is 12.5 Å². The van der Waals surface area contributed by atoms with Crippen LogP contribution in [0.2, 0.25) is 5.15 Å². The number of aromatic nitrogens is 3.